The van der Waals surface area contributed by atoms with E-state index in [9.17, 15) is 14.7 Å². The minimum Gasteiger partial charge on any atom is -0.391 e. The lowest BCUT2D eigenvalue weighted by Gasteiger charge is -2.36. The number of aliphatic hydroxyl groups is 1. The van der Waals surface area contributed by atoms with Crippen LogP contribution >= 0.6 is 0 Å². The molecule has 2 aromatic rings. The summed E-state index contributed by atoms with van der Waals surface area (Å²) in [5.74, 6) is -0.114. The summed E-state index contributed by atoms with van der Waals surface area (Å²) >= 11 is 0. The van der Waals surface area contributed by atoms with Crippen molar-refractivity contribution in [1.82, 2.24) is 10.2 Å². The van der Waals surface area contributed by atoms with Crippen molar-refractivity contribution < 1.29 is 14.7 Å². The number of aliphatic hydroxyl groups excluding tert-OH is 1. The molecule has 5 heteroatoms. The number of amides is 2. The van der Waals surface area contributed by atoms with Gasteiger partial charge in [-0.25, -0.2) is 0 Å². The molecule has 25 heavy (non-hydrogen) atoms. The van der Waals surface area contributed by atoms with Crippen molar-refractivity contribution in [1.29, 1.82) is 0 Å². The molecule has 1 heterocycles. The van der Waals surface area contributed by atoms with Gasteiger partial charge in [0.25, 0.3) is 0 Å². The van der Waals surface area contributed by atoms with Crippen LogP contribution in [0.3, 0.4) is 0 Å². The quantitative estimate of drug-likeness (QED) is 0.895. The Morgan fingerprint density at radius 1 is 1.20 bits per heavy atom. The number of benzene rings is 2. The maximum atomic E-state index is 12.2. The van der Waals surface area contributed by atoms with Crippen molar-refractivity contribution in [2.45, 2.75) is 31.8 Å². The van der Waals surface area contributed by atoms with Gasteiger partial charge in [-0.3, -0.25) is 9.59 Å². The molecule has 2 amide bonds. The molecule has 1 saturated heterocycles. The minimum atomic E-state index is -0.570. The second-order valence-corrected chi connectivity index (χ2v) is 6.64. The number of fused-ring (bicyclic) bond motifs is 1. The van der Waals surface area contributed by atoms with Crippen molar-refractivity contribution in [3.63, 3.8) is 0 Å². The number of hydrogen-bond acceptors (Lipinski definition) is 3. The summed E-state index contributed by atoms with van der Waals surface area (Å²) in [6.45, 7) is 2.75. The zero-order valence-corrected chi connectivity index (χ0v) is 14.4. The van der Waals surface area contributed by atoms with Gasteiger partial charge in [0.05, 0.1) is 6.10 Å². The van der Waals surface area contributed by atoms with Crippen molar-refractivity contribution >= 4 is 22.6 Å². The van der Waals surface area contributed by atoms with Crippen LogP contribution in [0, 0.1) is 0 Å². The Bertz CT molecular complexity index is 774. The summed E-state index contributed by atoms with van der Waals surface area (Å²) < 4.78 is 0. The molecular formula is C20H24N2O3. The van der Waals surface area contributed by atoms with E-state index in [1.165, 1.54) is 17.7 Å². The first kappa shape index (κ1) is 17.4. The van der Waals surface area contributed by atoms with Crippen molar-refractivity contribution in [2.24, 2.45) is 0 Å². The van der Waals surface area contributed by atoms with Gasteiger partial charge in [-0.15, -0.1) is 0 Å². The van der Waals surface area contributed by atoms with E-state index in [1.807, 2.05) is 12.1 Å². The van der Waals surface area contributed by atoms with Crippen LogP contribution in [0.5, 0.6) is 0 Å². The van der Waals surface area contributed by atoms with Crippen LogP contribution < -0.4 is 5.32 Å². The topological polar surface area (TPSA) is 69.6 Å². The Morgan fingerprint density at radius 2 is 1.96 bits per heavy atom. The molecule has 5 nitrogen and oxygen atoms in total. The summed E-state index contributed by atoms with van der Waals surface area (Å²) in [6, 6.07) is 14.5. The third-order valence-electron chi connectivity index (χ3n) is 4.85. The first-order valence-corrected chi connectivity index (χ1v) is 8.73. The third-order valence-corrected chi connectivity index (χ3v) is 4.85. The van der Waals surface area contributed by atoms with Crippen LogP contribution in [0.4, 0.5) is 0 Å². The van der Waals surface area contributed by atoms with Gasteiger partial charge in [-0.05, 0) is 22.8 Å². The summed E-state index contributed by atoms with van der Waals surface area (Å²) in [5, 5.41) is 15.5. The molecule has 0 aliphatic carbocycles. The molecule has 0 saturated carbocycles. The predicted octanol–water partition coefficient (Wildman–Crippen LogP) is 2.04. The number of likely N-dealkylation sites (tertiary alicyclic amines) is 1. The monoisotopic (exact) mass is 340 g/mol. The van der Waals surface area contributed by atoms with E-state index in [-0.39, 0.29) is 24.2 Å². The number of piperidine rings is 1. The number of carbonyl (C=O) groups is 2. The molecule has 0 unspecified atom stereocenters. The van der Waals surface area contributed by atoms with Gasteiger partial charge in [-0.2, -0.15) is 0 Å². The summed E-state index contributed by atoms with van der Waals surface area (Å²) in [5.41, 5.74) is 1.12. The van der Waals surface area contributed by atoms with Gasteiger partial charge < -0.3 is 15.3 Å². The molecule has 0 radical (unpaired) electrons. The second kappa shape index (κ2) is 7.66. The van der Waals surface area contributed by atoms with E-state index in [2.05, 4.69) is 35.6 Å². The highest BCUT2D eigenvalue weighted by atomic mass is 16.3. The van der Waals surface area contributed by atoms with E-state index >= 15 is 0 Å². The highest BCUT2D eigenvalue weighted by molar-refractivity contribution is 5.83. The number of β-amino-alcohol motifs (C(OH)–C–C–N with tert-alkyl or cyclic N) is 1. The maximum absolute atomic E-state index is 12.2. The van der Waals surface area contributed by atoms with E-state index < -0.39 is 6.10 Å². The second-order valence-electron chi connectivity index (χ2n) is 6.64. The van der Waals surface area contributed by atoms with Gasteiger partial charge in [-0.1, -0.05) is 42.5 Å². The Hall–Kier alpha value is -2.40. The lowest BCUT2D eigenvalue weighted by atomic mass is 9.86. The van der Waals surface area contributed by atoms with Crippen LogP contribution in [0.2, 0.25) is 0 Å². The fraction of sp³-hybridized carbons (Fsp3) is 0.400. The van der Waals surface area contributed by atoms with E-state index in [1.54, 1.807) is 4.90 Å². The highest BCUT2D eigenvalue weighted by Crippen LogP contribution is 2.30. The molecule has 0 aromatic heterocycles. The van der Waals surface area contributed by atoms with Gasteiger partial charge in [0.1, 0.15) is 0 Å². The van der Waals surface area contributed by atoms with Gasteiger partial charge in [0.15, 0.2) is 0 Å². The van der Waals surface area contributed by atoms with Crippen LogP contribution in [-0.4, -0.2) is 47.6 Å². The van der Waals surface area contributed by atoms with E-state index in [0.717, 1.165) is 12.0 Å². The van der Waals surface area contributed by atoms with Crippen molar-refractivity contribution in [3.05, 3.63) is 48.0 Å². The largest absolute Gasteiger partial charge is 0.391 e. The molecule has 2 aromatic carbocycles. The lowest BCUT2D eigenvalue weighted by Crippen LogP contribution is -2.46. The molecule has 1 aliphatic heterocycles. The Kier molecular flexibility index (Phi) is 5.34. The van der Waals surface area contributed by atoms with Crippen LogP contribution in [0.1, 0.15) is 31.2 Å². The number of rotatable bonds is 4. The smallest absolute Gasteiger partial charge is 0.224 e. The normalized spacial score (nSPS) is 20.5. The maximum Gasteiger partial charge on any atom is 0.224 e. The average Bonchev–Trinajstić information content (AvgIpc) is 2.61. The Morgan fingerprint density at radius 3 is 2.68 bits per heavy atom. The Labute approximate surface area is 147 Å². The van der Waals surface area contributed by atoms with Crippen molar-refractivity contribution in [3.8, 4) is 0 Å². The van der Waals surface area contributed by atoms with Gasteiger partial charge >= 0.3 is 0 Å². The lowest BCUT2D eigenvalue weighted by molar-refractivity contribution is -0.134. The molecule has 132 valence electrons. The van der Waals surface area contributed by atoms with Gasteiger partial charge in [0.2, 0.25) is 11.8 Å². The van der Waals surface area contributed by atoms with Crippen LogP contribution in [0.15, 0.2) is 42.5 Å². The van der Waals surface area contributed by atoms with E-state index in [4.69, 9.17) is 0 Å². The standard InChI is InChI=1S/C20H24N2O3/c1-14(23)21-10-8-20(25)22-11-9-18(19(24)13-22)17-7-6-15-4-2-3-5-16(15)12-17/h2-7,12,18-19,24H,8-11,13H2,1H3,(H,21,23)/t18-,19+/m1/s1. The zero-order chi connectivity index (χ0) is 17.8. The molecule has 2 N–H and O–H groups in total. The number of nitrogens with one attached hydrogen (secondary N) is 1. The fourth-order valence-electron chi connectivity index (χ4n) is 3.49. The molecule has 0 spiro atoms. The zero-order valence-electron chi connectivity index (χ0n) is 14.4. The SMILES string of the molecule is CC(=O)NCCC(=O)N1CC[C@H](c2ccc3ccccc3c2)[C@@H](O)C1. The molecule has 1 aliphatic rings. The van der Waals surface area contributed by atoms with Gasteiger partial charge in [0, 0.05) is 38.9 Å². The molecule has 0 bridgehead atoms. The van der Waals surface area contributed by atoms with Crippen molar-refractivity contribution in [2.75, 3.05) is 19.6 Å². The number of hydrogen-bond donors (Lipinski definition) is 2. The number of carbonyl (C=O) groups excluding carboxylic acids is 2. The molecule has 2 atom stereocenters. The third kappa shape index (κ3) is 4.17. The van der Waals surface area contributed by atoms with Crippen LogP contribution in [0.25, 0.3) is 10.8 Å². The number of nitrogens with zero attached hydrogens (tertiary/aromatic N) is 1. The molecule has 3 rings (SSSR count). The fourth-order valence-corrected chi connectivity index (χ4v) is 3.49. The highest BCUT2D eigenvalue weighted by Gasteiger charge is 2.30. The van der Waals surface area contributed by atoms with E-state index in [0.29, 0.717) is 19.6 Å². The summed E-state index contributed by atoms with van der Waals surface area (Å²) in [6.07, 6.45) is 0.442. The molecular weight excluding hydrogens is 316 g/mol. The van der Waals surface area contributed by atoms with Crippen LogP contribution in [-0.2, 0) is 9.59 Å². The summed E-state index contributed by atoms with van der Waals surface area (Å²) in [7, 11) is 0. The first-order valence-electron chi connectivity index (χ1n) is 8.73. The minimum absolute atomic E-state index is 0.0234. The first-order chi connectivity index (χ1) is 12.0. The Balaban J connectivity index is 1.62. The average molecular weight is 340 g/mol. The summed E-state index contributed by atoms with van der Waals surface area (Å²) in [4.78, 5) is 24.8. The predicted molar refractivity (Wildman–Crippen MR) is 97.2 cm³/mol. The molecule has 1 fully saturated rings.